The second kappa shape index (κ2) is 8.36. The molecule has 10 heteroatoms. The summed E-state index contributed by atoms with van der Waals surface area (Å²) in [4.78, 5) is 15.9. The molecule has 2 aromatic rings. The third-order valence-electron chi connectivity index (χ3n) is 4.22. The molecule has 0 bridgehead atoms. The first kappa shape index (κ1) is 21.0. The van der Waals surface area contributed by atoms with E-state index in [2.05, 4.69) is 15.4 Å². The van der Waals surface area contributed by atoms with Gasteiger partial charge in [-0.1, -0.05) is 35.5 Å². The highest BCUT2D eigenvalue weighted by Gasteiger charge is 2.54. The van der Waals surface area contributed by atoms with Crippen molar-refractivity contribution in [2.45, 2.75) is 19.7 Å². The molecule has 1 heterocycles. The summed E-state index contributed by atoms with van der Waals surface area (Å²) in [5.74, 6) is -1.06. The van der Waals surface area contributed by atoms with Crippen LogP contribution in [0, 0.1) is 5.41 Å². The van der Waals surface area contributed by atoms with Crippen molar-refractivity contribution in [2.75, 3.05) is 0 Å². The van der Waals surface area contributed by atoms with Gasteiger partial charge in [-0.2, -0.15) is 13.2 Å². The van der Waals surface area contributed by atoms with E-state index in [0.29, 0.717) is 11.3 Å². The fourth-order valence-electron chi connectivity index (χ4n) is 2.60. The number of hydrogen-bond acceptors (Lipinski definition) is 6. The number of carboxylic acid groups (broad SMARTS) is 1. The van der Waals surface area contributed by atoms with Crippen LogP contribution in [0.5, 0.6) is 5.75 Å². The highest BCUT2D eigenvalue weighted by Crippen LogP contribution is 2.35. The van der Waals surface area contributed by atoms with Gasteiger partial charge in [-0.3, -0.25) is 0 Å². The van der Waals surface area contributed by atoms with E-state index in [9.17, 15) is 18.0 Å². The monoisotopic (exact) mass is 419 g/mol. The van der Waals surface area contributed by atoms with Crippen molar-refractivity contribution in [3.8, 4) is 5.75 Å². The number of aromatic carboxylic acids is 1. The molecule has 1 aliphatic heterocycles. The van der Waals surface area contributed by atoms with Gasteiger partial charge in [-0.25, -0.2) is 4.79 Å². The lowest BCUT2D eigenvalue weighted by molar-refractivity contribution is -0.0625. The number of nitrogens with zero attached hydrogens (tertiary/aromatic N) is 3. The molecule has 0 radical (unpaired) electrons. The fraction of sp³-hybridized carbons (Fsp3) is 0.200. The summed E-state index contributed by atoms with van der Waals surface area (Å²) >= 11 is 0. The van der Waals surface area contributed by atoms with Crippen molar-refractivity contribution in [1.29, 1.82) is 0 Å². The average molecular weight is 419 g/mol. The van der Waals surface area contributed by atoms with Crippen LogP contribution >= 0.6 is 0 Å². The molecule has 0 fully saturated rings. The van der Waals surface area contributed by atoms with Crippen LogP contribution in [0.4, 0.5) is 13.2 Å². The first-order valence-electron chi connectivity index (χ1n) is 8.65. The van der Waals surface area contributed by atoms with E-state index >= 15 is 0 Å². The largest absolute Gasteiger partial charge is 0.478 e. The molecule has 0 spiro atoms. The van der Waals surface area contributed by atoms with E-state index in [1.165, 1.54) is 31.2 Å². The normalized spacial score (nSPS) is 18.8. The highest BCUT2D eigenvalue weighted by atomic mass is 19.4. The smallest absolute Gasteiger partial charge is 0.432 e. The van der Waals surface area contributed by atoms with Crippen molar-refractivity contribution in [2.24, 2.45) is 20.8 Å². The molecule has 0 amide bonds. The predicted molar refractivity (Wildman–Crippen MR) is 103 cm³/mol. The highest BCUT2D eigenvalue weighted by molar-refractivity contribution is 6.24. The Morgan fingerprint density at radius 2 is 1.80 bits per heavy atom. The summed E-state index contributed by atoms with van der Waals surface area (Å²) < 4.78 is 45.8. The summed E-state index contributed by atoms with van der Waals surface area (Å²) in [5.41, 5.74) is -2.38. The number of oxime groups is 1. The molecule has 0 saturated heterocycles. The summed E-state index contributed by atoms with van der Waals surface area (Å²) in [6.45, 7) is 1.15. The molecule has 7 nitrogen and oxygen atoms in total. The van der Waals surface area contributed by atoms with Gasteiger partial charge in [0.05, 0.1) is 11.8 Å². The van der Waals surface area contributed by atoms with Crippen LogP contribution in [0.1, 0.15) is 22.8 Å². The third-order valence-corrected chi connectivity index (χ3v) is 4.22. The van der Waals surface area contributed by atoms with Crippen molar-refractivity contribution in [1.82, 2.24) is 0 Å². The number of benzene rings is 2. The summed E-state index contributed by atoms with van der Waals surface area (Å²) in [5, 5.41) is 19.3. The molecule has 0 aliphatic carbocycles. The van der Waals surface area contributed by atoms with Gasteiger partial charge >= 0.3 is 12.1 Å². The molecular formula is C20H16F3N3O4. The molecule has 1 N–H and O–H groups in total. The minimum Gasteiger partial charge on any atom is -0.478 e. The molecule has 1 atom stereocenters. The predicted octanol–water partition coefficient (Wildman–Crippen LogP) is 4.30. The fourth-order valence-corrected chi connectivity index (χ4v) is 2.60. The van der Waals surface area contributed by atoms with Crippen molar-refractivity contribution in [3.05, 3.63) is 65.7 Å². The van der Waals surface area contributed by atoms with Gasteiger partial charge in [0.15, 0.2) is 5.71 Å². The lowest BCUT2D eigenvalue weighted by Crippen LogP contribution is -2.45. The second-order valence-corrected chi connectivity index (χ2v) is 6.48. The molecule has 30 heavy (non-hydrogen) atoms. The topological polar surface area (TPSA) is 92.8 Å². The molecule has 2 aromatic carbocycles. The Balaban J connectivity index is 1.73. The summed E-state index contributed by atoms with van der Waals surface area (Å²) in [6, 6.07) is 14.0. The van der Waals surface area contributed by atoms with Crippen molar-refractivity contribution in [3.63, 3.8) is 0 Å². The standard InChI is InChI=1S/C20H16F3N3O4/c1-19(12-24-29-11-13-7-9-14(10-8-13)16(27)28)17(20(21,22)23)25-26-18(19)30-15-5-3-2-4-6-15/h2-10,12H,11H2,1H3,(H,27,28). The lowest BCUT2D eigenvalue weighted by Gasteiger charge is -2.23. The Morgan fingerprint density at radius 1 is 1.13 bits per heavy atom. The van der Waals surface area contributed by atoms with E-state index in [1.54, 1.807) is 30.3 Å². The van der Waals surface area contributed by atoms with E-state index < -0.39 is 23.3 Å². The third kappa shape index (κ3) is 4.65. The number of rotatable bonds is 6. The quantitative estimate of drug-likeness (QED) is 0.558. The van der Waals surface area contributed by atoms with Crippen molar-refractivity contribution < 1.29 is 32.6 Å². The van der Waals surface area contributed by atoms with Gasteiger partial charge in [0.25, 0.3) is 0 Å². The Labute approximate surface area is 169 Å². The van der Waals surface area contributed by atoms with E-state index in [1.807, 2.05) is 0 Å². The van der Waals surface area contributed by atoms with E-state index in [4.69, 9.17) is 14.7 Å². The maximum Gasteiger partial charge on any atom is 0.432 e. The van der Waals surface area contributed by atoms with Gasteiger partial charge in [0, 0.05) is 0 Å². The zero-order chi connectivity index (χ0) is 21.8. The van der Waals surface area contributed by atoms with Crippen molar-refractivity contribution >= 4 is 23.8 Å². The van der Waals surface area contributed by atoms with Crippen LogP contribution in [0.3, 0.4) is 0 Å². The van der Waals surface area contributed by atoms with Gasteiger partial charge in [-0.15, -0.1) is 10.2 Å². The number of halogens is 3. The second-order valence-electron chi connectivity index (χ2n) is 6.48. The molecule has 156 valence electrons. The Morgan fingerprint density at radius 3 is 2.40 bits per heavy atom. The number of alkyl halides is 3. The average Bonchev–Trinajstić information content (AvgIpc) is 3.03. The number of para-hydroxylation sites is 1. The van der Waals surface area contributed by atoms with Crippen LogP contribution in [0.15, 0.2) is 70.0 Å². The molecule has 1 aliphatic rings. The molecule has 0 saturated carbocycles. The Bertz CT molecular complexity index is 1000. The Kier molecular flexibility index (Phi) is 5.86. The molecule has 3 rings (SSSR count). The maximum atomic E-state index is 13.4. The van der Waals surface area contributed by atoms with Crippen LogP contribution < -0.4 is 4.74 Å². The van der Waals surface area contributed by atoms with Crippen LogP contribution in [-0.4, -0.2) is 35.1 Å². The van der Waals surface area contributed by atoms with E-state index in [-0.39, 0.29) is 18.1 Å². The Hall–Kier alpha value is -3.69. The first-order valence-corrected chi connectivity index (χ1v) is 8.65. The SMILES string of the molecule is CC1(C=NOCc2ccc(C(=O)O)cc2)C(Oc2ccccc2)=NN=C1C(F)(F)F. The molecule has 0 aromatic heterocycles. The summed E-state index contributed by atoms with van der Waals surface area (Å²) in [7, 11) is 0. The van der Waals surface area contributed by atoms with E-state index in [0.717, 1.165) is 6.21 Å². The van der Waals surface area contributed by atoms with Crippen LogP contribution in [-0.2, 0) is 11.4 Å². The van der Waals surface area contributed by atoms with Gasteiger partial charge in [-0.05, 0) is 36.8 Å². The number of ether oxygens (including phenoxy) is 1. The molecular weight excluding hydrogens is 403 g/mol. The molecule has 1 unspecified atom stereocenters. The minimum absolute atomic E-state index is 0.0724. The number of hydrogen-bond donors (Lipinski definition) is 1. The van der Waals surface area contributed by atoms with Gasteiger partial charge in [0.2, 0.25) is 5.90 Å². The number of carbonyl (C=O) groups is 1. The summed E-state index contributed by atoms with van der Waals surface area (Å²) in [6.07, 6.45) is -3.82. The van der Waals surface area contributed by atoms with Gasteiger partial charge in [0.1, 0.15) is 17.8 Å². The zero-order valence-electron chi connectivity index (χ0n) is 15.6. The zero-order valence-corrected chi connectivity index (χ0v) is 15.6. The van der Waals surface area contributed by atoms with Crippen LogP contribution in [0.25, 0.3) is 0 Å². The maximum absolute atomic E-state index is 13.4. The lowest BCUT2D eigenvalue weighted by atomic mass is 9.86. The minimum atomic E-state index is -4.75. The number of carboxylic acids is 1. The van der Waals surface area contributed by atoms with Gasteiger partial charge < -0.3 is 14.7 Å². The first-order chi connectivity index (χ1) is 14.2. The van der Waals surface area contributed by atoms with Crippen LogP contribution in [0.2, 0.25) is 0 Å².